The lowest BCUT2D eigenvalue weighted by atomic mass is 10.5. The summed E-state index contributed by atoms with van der Waals surface area (Å²) in [6, 6.07) is 1.27. The second-order valence-corrected chi connectivity index (χ2v) is 2.37. The predicted octanol–water partition coefficient (Wildman–Crippen LogP) is 0.327. The molecular weight excluding hydrogens is 159 g/mol. The van der Waals surface area contributed by atoms with Gasteiger partial charge in [0.25, 0.3) is 0 Å². The van der Waals surface area contributed by atoms with Gasteiger partial charge in [0.1, 0.15) is 0 Å². The van der Waals surface area contributed by atoms with Gasteiger partial charge in [-0.15, -0.1) is 0 Å². The molecule has 0 spiro atoms. The highest BCUT2D eigenvalue weighted by atomic mass is 19.1. The molecule has 0 saturated carbocycles. The minimum atomic E-state index is -0.531. The van der Waals surface area contributed by atoms with E-state index in [1.54, 1.807) is 16.8 Å². The molecule has 2 aromatic heterocycles. The molecule has 0 saturated heterocycles. The van der Waals surface area contributed by atoms with E-state index < -0.39 is 5.95 Å². The van der Waals surface area contributed by atoms with Crippen LogP contribution in [0.15, 0.2) is 18.5 Å². The summed E-state index contributed by atoms with van der Waals surface area (Å²) in [6.07, 6.45) is 3.15. The maximum absolute atomic E-state index is 12.6. The van der Waals surface area contributed by atoms with Crippen LogP contribution in [0.1, 0.15) is 5.69 Å². The molecule has 0 amide bonds. The number of fused-ring (bicyclic) bond motifs is 1. The summed E-state index contributed by atoms with van der Waals surface area (Å²) in [5, 5.41) is 0. The summed E-state index contributed by atoms with van der Waals surface area (Å²) in [5.74, 6) is -0.188. The van der Waals surface area contributed by atoms with Crippen molar-refractivity contribution in [3.8, 4) is 0 Å². The van der Waals surface area contributed by atoms with E-state index in [1.807, 2.05) is 0 Å². The minimum Gasteiger partial charge on any atom is -0.325 e. The van der Waals surface area contributed by atoms with Crippen molar-refractivity contribution < 1.29 is 4.39 Å². The van der Waals surface area contributed by atoms with Gasteiger partial charge in [-0.3, -0.25) is 4.40 Å². The van der Waals surface area contributed by atoms with Crippen LogP contribution in [-0.2, 0) is 6.54 Å². The zero-order chi connectivity index (χ0) is 8.55. The number of imidazole rings is 1. The fourth-order valence-corrected chi connectivity index (χ4v) is 1.05. The molecule has 0 aromatic carbocycles. The summed E-state index contributed by atoms with van der Waals surface area (Å²) < 4.78 is 14.2. The molecular formula is C7H7FN4. The van der Waals surface area contributed by atoms with E-state index in [2.05, 4.69) is 9.97 Å². The van der Waals surface area contributed by atoms with Crippen LogP contribution in [0.5, 0.6) is 0 Å². The number of nitrogens with zero attached hydrogens (tertiary/aromatic N) is 3. The van der Waals surface area contributed by atoms with Crippen molar-refractivity contribution in [3.63, 3.8) is 0 Å². The summed E-state index contributed by atoms with van der Waals surface area (Å²) in [6.45, 7) is 0.370. The lowest BCUT2D eigenvalue weighted by Gasteiger charge is -1.95. The number of aromatic nitrogens is 3. The third kappa shape index (κ3) is 0.947. The average molecular weight is 166 g/mol. The maximum atomic E-state index is 12.6. The molecule has 4 nitrogen and oxygen atoms in total. The van der Waals surface area contributed by atoms with E-state index in [1.165, 1.54) is 6.07 Å². The quantitative estimate of drug-likeness (QED) is 0.621. The van der Waals surface area contributed by atoms with E-state index in [4.69, 9.17) is 5.73 Å². The number of nitrogens with two attached hydrogens (primary N) is 1. The van der Waals surface area contributed by atoms with Crippen molar-refractivity contribution in [1.82, 2.24) is 14.4 Å². The first kappa shape index (κ1) is 7.17. The molecule has 2 aromatic rings. The van der Waals surface area contributed by atoms with Crippen molar-refractivity contribution in [2.24, 2.45) is 5.73 Å². The van der Waals surface area contributed by atoms with Crippen molar-refractivity contribution in [1.29, 1.82) is 0 Å². The van der Waals surface area contributed by atoms with Gasteiger partial charge in [-0.25, -0.2) is 4.98 Å². The fraction of sp³-hybridized carbons (Fsp3) is 0.143. The second kappa shape index (κ2) is 2.53. The first-order valence-electron chi connectivity index (χ1n) is 3.50. The molecule has 0 fully saturated rings. The molecule has 0 aliphatic heterocycles. The number of hydrogen-bond donors (Lipinski definition) is 1. The Bertz CT molecular complexity index is 409. The maximum Gasteiger partial charge on any atom is 0.236 e. The highest BCUT2D eigenvalue weighted by Crippen LogP contribution is 2.03. The van der Waals surface area contributed by atoms with Crippen LogP contribution in [0.3, 0.4) is 0 Å². The molecule has 2 N–H and O–H groups in total. The zero-order valence-electron chi connectivity index (χ0n) is 6.24. The predicted molar refractivity (Wildman–Crippen MR) is 40.8 cm³/mol. The molecule has 2 heterocycles. The Labute approximate surface area is 67.9 Å². The second-order valence-electron chi connectivity index (χ2n) is 2.37. The SMILES string of the molecule is NCc1cnc2nc(F)ccn12. The van der Waals surface area contributed by atoms with E-state index in [9.17, 15) is 4.39 Å². The number of hydrogen-bond acceptors (Lipinski definition) is 3. The molecule has 62 valence electrons. The summed E-state index contributed by atoms with van der Waals surface area (Å²) in [7, 11) is 0. The van der Waals surface area contributed by atoms with Crippen LogP contribution >= 0.6 is 0 Å². The minimum absolute atomic E-state index is 0.343. The van der Waals surface area contributed by atoms with Crippen LogP contribution in [0.2, 0.25) is 0 Å². The standard InChI is InChI=1S/C7H7FN4/c8-6-1-2-12-5(3-9)4-10-7(12)11-6/h1-2,4H,3,9H2. The Hall–Kier alpha value is -1.49. The first-order chi connectivity index (χ1) is 5.81. The Balaban J connectivity index is 2.73. The molecule has 2 rings (SSSR count). The average Bonchev–Trinajstić information content (AvgIpc) is 2.46. The van der Waals surface area contributed by atoms with Crippen LogP contribution in [-0.4, -0.2) is 14.4 Å². The van der Waals surface area contributed by atoms with Crippen molar-refractivity contribution in [2.75, 3.05) is 0 Å². The van der Waals surface area contributed by atoms with Gasteiger partial charge in [0.15, 0.2) is 0 Å². The van der Waals surface area contributed by atoms with Gasteiger partial charge in [0.05, 0.1) is 11.9 Å². The largest absolute Gasteiger partial charge is 0.325 e. The van der Waals surface area contributed by atoms with Crippen molar-refractivity contribution >= 4 is 5.78 Å². The van der Waals surface area contributed by atoms with Gasteiger partial charge in [-0.1, -0.05) is 0 Å². The van der Waals surface area contributed by atoms with Crippen LogP contribution in [0, 0.1) is 5.95 Å². The van der Waals surface area contributed by atoms with Crippen molar-refractivity contribution in [2.45, 2.75) is 6.54 Å². The summed E-state index contributed by atoms with van der Waals surface area (Å²) in [4.78, 5) is 7.46. The molecule has 12 heavy (non-hydrogen) atoms. The topological polar surface area (TPSA) is 56.2 Å². The molecule has 5 heteroatoms. The van der Waals surface area contributed by atoms with E-state index in [-0.39, 0.29) is 0 Å². The van der Waals surface area contributed by atoms with Crippen molar-refractivity contribution in [3.05, 3.63) is 30.1 Å². The molecule has 0 aliphatic carbocycles. The van der Waals surface area contributed by atoms with Gasteiger partial charge >= 0.3 is 0 Å². The van der Waals surface area contributed by atoms with E-state index in [0.717, 1.165) is 5.69 Å². The monoisotopic (exact) mass is 166 g/mol. The van der Waals surface area contributed by atoms with Crippen LogP contribution in [0.25, 0.3) is 5.78 Å². The van der Waals surface area contributed by atoms with E-state index >= 15 is 0 Å². The number of rotatable bonds is 1. The molecule has 0 atom stereocenters. The Morgan fingerprint density at radius 2 is 2.42 bits per heavy atom. The lowest BCUT2D eigenvalue weighted by molar-refractivity contribution is 0.582. The highest BCUT2D eigenvalue weighted by molar-refractivity contribution is 5.30. The summed E-state index contributed by atoms with van der Waals surface area (Å²) in [5.41, 5.74) is 6.23. The normalized spacial score (nSPS) is 10.8. The lowest BCUT2D eigenvalue weighted by Crippen LogP contribution is -2.01. The molecule has 0 bridgehead atoms. The molecule has 0 unspecified atom stereocenters. The van der Waals surface area contributed by atoms with E-state index in [0.29, 0.717) is 12.3 Å². The fourth-order valence-electron chi connectivity index (χ4n) is 1.05. The molecule has 0 radical (unpaired) electrons. The van der Waals surface area contributed by atoms with Gasteiger partial charge in [-0.2, -0.15) is 9.37 Å². The third-order valence-corrected chi connectivity index (χ3v) is 1.63. The third-order valence-electron chi connectivity index (χ3n) is 1.63. The Morgan fingerprint density at radius 1 is 1.58 bits per heavy atom. The van der Waals surface area contributed by atoms with Crippen LogP contribution < -0.4 is 5.73 Å². The summed E-state index contributed by atoms with van der Waals surface area (Å²) >= 11 is 0. The van der Waals surface area contributed by atoms with Gasteiger partial charge in [0.2, 0.25) is 11.7 Å². The van der Waals surface area contributed by atoms with Crippen LogP contribution in [0.4, 0.5) is 4.39 Å². The smallest absolute Gasteiger partial charge is 0.236 e. The Morgan fingerprint density at radius 3 is 3.17 bits per heavy atom. The highest BCUT2D eigenvalue weighted by Gasteiger charge is 2.02. The van der Waals surface area contributed by atoms with Gasteiger partial charge < -0.3 is 5.73 Å². The van der Waals surface area contributed by atoms with Gasteiger partial charge in [0, 0.05) is 18.8 Å². The number of halogens is 1. The first-order valence-corrected chi connectivity index (χ1v) is 3.50. The molecule has 0 aliphatic rings. The van der Waals surface area contributed by atoms with Gasteiger partial charge in [-0.05, 0) is 0 Å². The zero-order valence-corrected chi connectivity index (χ0v) is 6.24. The Kier molecular flexibility index (Phi) is 1.51.